The number of nitro benzene ring substituents is 5. The molecule has 4 N–H and O–H groups in total. The van der Waals surface area contributed by atoms with Gasteiger partial charge in [-0.1, -0.05) is 31.9 Å². The van der Waals surface area contributed by atoms with E-state index in [0.29, 0.717) is 134 Å². The van der Waals surface area contributed by atoms with E-state index < -0.39 is 221 Å². The van der Waals surface area contributed by atoms with E-state index in [1.807, 2.05) is 0 Å². The number of phenols is 1. The van der Waals surface area contributed by atoms with Crippen LogP contribution in [0.2, 0.25) is 0 Å². The fourth-order valence-corrected chi connectivity index (χ4v) is 16.0. The minimum atomic E-state index is -4.98. The first kappa shape index (κ1) is 111. The Hall–Kier alpha value is -12.8. The van der Waals surface area contributed by atoms with Gasteiger partial charge in [-0.2, -0.15) is 70.2 Å². The van der Waals surface area contributed by atoms with Gasteiger partial charge in [0.2, 0.25) is 28.8 Å². The number of halogens is 23. The van der Waals surface area contributed by atoms with Crippen molar-refractivity contribution in [2.45, 2.75) is 70.0 Å². The molecule has 2 heterocycles. The molecule has 0 saturated carbocycles. The number of phenolic OH excluding ortho intramolecular Hbond substituents is 1. The zero-order chi connectivity index (χ0) is 103. The zero-order valence-electron chi connectivity index (χ0n) is 69.1. The molecule has 10 aromatic carbocycles. The lowest BCUT2D eigenvalue weighted by Crippen LogP contribution is -2.27. The van der Waals surface area contributed by atoms with Gasteiger partial charge in [-0.15, -0.1) is 0 Å². The number of carbonyl (C=O) groups is 2. The second kappa shape index (κ2) is 47.3. The van der Waals surface area contributed by atoms with Crippen LogP contribution >= 0.6 is 47.2 Å². The maximum Gasteiger partial charge on any atom is 0.419 e. The maximum absolute atomic E-state index is 13.6. The third-order valence-electron chi connectivity index (χ3n) is 17.7. The fraction of sp³-hybridized carbons (Fsp3) is 0.235. The number of nitrogens with zero attached hydrogens (tertiary/aromatic N) is 7. The molecule has 2 saturated heterocycles. The number of hydrogen-bond donors (Lipinski definition) is 4. The van der Waals surface area contributed by atoms with Crippen LogP contribution < -0.4 is 29.1 Å². The summed E-state index contributed by atoms with van der Waals surface area (Å²) in [5.74, 6) is -12.3. The predicted molar refractivity (Wildman–Crippen MR) is 447 cm³/mol. The highest BCUT2D eigenvalue weighted by atomic mass is 79.9. The maximum atomic E-state index is 13.6. The molecule has 10 aromatic rings. The Balaban J connectivity index is 0.000000232. The number of nitro groups is 5. The highest BCUT2D eigenvalue weighted by Crippen LogP contribution is 2.63. The summed E-state index contributed by atoms with van der Waals surface area (Å²) in [6.45, 7) is 7.77. The summed E-state index contributed by atoms with van der Waals surface area (Å²) in [6.07, 6.45) is -26.3. The largest absolute Gasteiger partial charge is 0.508 e. The Bertz CT molecular complexity index is 6140. The van der Waals surface area contributed by atoms with Crippen molar-refractivity contribution in [3.8, 4) is 51.7 Å². The van der Waals surface area contributed by atoms with E-state index in [1.54, 1.807) is 23.2 Å². The van der Waals surface area contributed by atoms with Crippen molar-refractivity contribution in [1.82, 2.24) is 19.5 Å². The average Bonchev–Trinajstić information content (AvgIpc) is 1.60. The van der Waals surface area contributed by atoms with Crippen LogP contribution in [-0.2, 0) is 49.1 Å². The van der Waals surface area contributed by atoms with Crippen molar-refractivity contribution in [3.63, 3.8) is 0 Å². The van der Waals surface area contributed by atoms with Crippen molar-refractivity contribution in [3.05, 3.63) is 323 Å². The van der Waals surface area contributed by atoms with Gasteiger partial charge in [0, 0.05) is 91.4 Å². The highest BCUT2D eigenvalue weighted by Gasteiger charge is 2.51. The number of rotatable bonds is 30. The number of nitrogens with one attached hydrogen (secondary N) is 2. The van der Waals surface area contributed by atoms with Crippen molar-refractivity contribution in [2.75, 3.05) is 49.9 Å². The smallest absolute Gasteiger partial charge is 0.419 e. The van der Waals surface area contributed by atoms with Gasteiger partial charge in [0.25, 0.3) is 0 Å². The fourth-order valence-electron chi connectivity index (χ4n) is 11.0. The van der Waals surface area contributed by atoms with Crippen molar-refractivity contribution < 1.29 is 174 Å². The lowest BCUT2D eigenvalue weighted by Gasteiger charge is -2.24. The van der Waals surface area contributed by atoms with Crippen LogP contribution in [0, 0.1) is 85.5 Å². The Morgan fingerprint density at radius 2 is 0.650 bits per heavy atom. The molecule has 0 amide bonds. The first-order valence-electron chi connectivity index (χ1n) is 37.9. The molecule has 736 valence electrons. The number of aldehydes is 2. The van der Waals surface area contributed by atoms with Gasteiger partial charge in [0.1, 0.15) is 70.4 Å². The Kier molecular flexibility index (Phi) is 38.4. The monoisotopic (exact) mass is 2130 g/mol. The first-order valence-corrected chi connectivity index (χ1v) is 43.3. The molecule has 2 aliphatic heterocycles. The van der Waals surface area contributed by atoms with Crippen LogP contribution in [0.1, 0.15) is 104 Å². The third kappa shape index (κ3) is 32.2. The summed E-state index contributed by atoms with van der Waals surface area (Å²) in [5, 5.41) is 79.5. The van der Waals surface area contributed by atoms with Gasteiger partial charge in [-0.3, -0.25) is 78.3 Å². The topological polar surface area (TPSA) is 410 Å². The van der Waals surface area contributed by atoms with Gasteiger partial charge in [0.15, 0.2) is 0 Å². The normalized spacial score (nSPS) is 13.3. The average molecular weight is 2140 g/mol. The van der Waals surface area contributed by atoms with E-state index in [2.05, 4.69) is 42.0 Å². The Morgan fingerprint density at radius 3 is 0.927 bits per heavy atom. The molecule has 2 aliphatic rings. The number of aromatic hydroxyl groups is 1. The van der Waals surface area contributed by atoms with E-state index in [9.17, 15) is 167 Å². The molecule has 3 unspecified atom stereocenters. The molecule has 137 heavy (non-hydrogen) atoms. The molecular weight excluding hydrogens is 2070 g/mol. The number of benzene rings is 10. The third-order valence-corrected chi connectivity index (χ3v) is 23.2. The number of carbonyl (C=O) groups excluding carboxylic acids is 2. The van der Waals surface area contributed by atoms with E-state index in [-0.39, 0.29) is 28.2 Å². The molecule has 0 bridgehead atoms. The van der Waals surface area contributed by atoms with Gasteiger partial charge < -0.3 is 29.2 Å². The van der Waals surface area contributed by atoms with Gasteiger partial charge in [0.05, 0.1) is 70.7 Å². The molecule has 0 radical (unpaired) electrons. The summed E-state index contributed by atoms with van der Waals surface area (Å²) in [6, 6.07) is 26.3. The molecule has 2 fully saturated rings. The number of aliphatic hydroxyl groups excluding tert-OH is 1. The number of ether oxygens (including phenoxy) is 4. The first-order chi connectivity index (χ1) is 63.7. The van der Waals surface area contributed by atoms with E-state index in [4.69, 9.17) is 33.1 Å². The molecule has 0 aromatic heterocycles. The second-order valence-corrected chi connectivity index (χ2v) is 33.4. The number of alkyl halides is 17. The van der Waals surface area contributed by atoms with Crippen LogP contribution in [0.15, 0.2) is 182 Å². The van der Waals surface area contributed by atoms with Crippen LogP contribution in [0.5, 0.6) is 51.7 Å². The standard InChI is InChI=1S/C19H20Br2F4N3O5P.C19H18F4N3O5P.C15H11F4NO4.C14H7F4NO4.C7H4F4O.C7H4FNO3/c1-12(33-34(31,26-8-6-20)27-9-7-21)13-2-5-17(28(29)30)18(10-13)32-14-3-4-16(22)15(11-14)19(23,24)25;1-12(31-32(29,24-6-7-24)25-8-9-25)13-2-5-17(26(27)28)18(10-13)30-14-3-4-16(20)15(11-14)19(21,22)23;1-8(21)9-2-5-13(20(22)23)14(6-9)24-10-3-4-12(16)11(7-10)15(17,18)19;15-11-3-2-9(6-10(11)14(16,17)18)23-13-5-8(7-20)1-4-12(13)19(21)22;8-6-2-1-4(12)3-5(6)7(9,10)11;8-6-3-5(4-10)1-2-7(6)9(11)12/h2-5,10-12H,6-9H2,1H3,(H2,26,27,31);2-5,10-12H,6-9H2,1H3;2-8,21H,1H3;1-7H;1-3,12H;1-4H. The van der Waals surface area contributed by atoms with Gasteiger partial charge in [-0.25, -0.2) is 41.5 Å². The zero-order valence-corrected chi connectivity index (χ0v) is 74.1. The molecule has 56 heteroatoms. The molecule has 31 nitrogen and oxygen atoms in total. The number of aliphatic hydroxyl groups is 1. The lowest BCUT2D eigenvalue weighted by molar-refractivity contribution is -0.387. The summed E-state index contributed by atoms with van der Waals surface area (Å²) >= 11 is 6.43. The van der Waals surface area contributed by atoms with E-state index in [0.717, 1.165) is 84.9 Å². The van der Waals surface area contributed by atoms with Crippen LogP contribution in [-0.4, -0.2) is 107 Å². The van der Waals surface area contributed by atoms with Crippen molar-refractivity contribution in [2.24, 2.45) is 0 Å². The summed E-state index contributed by atoms with van der Waals surface area (Å²) in [4.78, 5) is 71.6. The summed E-state index contributed by atoms with van der Waals surface area (Å²) in [7, 11) is -6.70. The van der Waals surface area contributed by atoms with Crippen LogP contribution in [0.25, 0.3) is 0 Å². The Labute approximate surface area is 772 Å². The Morgan fingerprint density at radius 1 is 0.380 bits per heavy atom. The van der Waals surface area contributed by atoms with E-state index >= 15 is 0 Å². The van der Waals surface area contributed by atoms with Crippen LogP contribution in [0.4, 0.5) is 121 Å². The van der Waals surface area contributed by atoms with Crippen molar-refractivity contribution in [1.29, 1.82) is 0 Å². The SMILES string of the molecule is CC(O)c1ccc([N+](=O)[O-])c(Oc2ccc(F)c(C(F)(F)F)c2)c1.CC(OP(=O)(N1CC1)N1CC1)c1ccc([N+](=O)[O-])c(Oc2ccc(F)c(C(F)(F)F)c2)c1.CC(OP(=O)(NCCBr)NCCBr)c1ccc([N+](=O)[O-])c(Oc2ccc(F)c(C(F)(F)F)c2)c1.O=Cc1ccc([N+](=O)[O-])c(F)c1.O=Cc1ccc([N+](=O)[O-])c(Oc2ccc(F)c(C(F)(F)F)c2)c1.Oc1ccc(F)c(C(F)(F)F)c1. The van der Waals surface area contributed by atoms with Gasteiger partial charge in [-0.05, 0) is 189 Å². The highest BCUT2D eigenvalue weighted by molar-refractivity contribution is 9.09. The molecule has 0 spiro atoms. The minimum absolute atomic E-state index is 0.0313. The summed E-state index contributed by atoms with van der Waals surface area (Å²) < 4.78 is 330. The van der Waals surface area contributed by atoms with Gasteiger partial charge >= 0.3 is 74.7 Å². The molecule has 12 rings (SSSR count). The molecule has 0 aliphatic carbocycles. The van der Waals surface area contributed by atoms with Crippen LogP contribution in [0.3, 0.4) is 0 Å². The summed E-state index contributed by atoms with van der Waals surface area (Å²) in [5.41, 5.74) is -9.33. The molecule has 3 atom stereocenters. The lowest BCUT2D eigenvalue weighted by atomic mass is 10.1. The van der Waals surface area contributed by atoms with E-state index in [1.165, 1.54) is 43.3 Å². The minimum Gasteiger partial charge on any atom is -0.508 e. The molecular formula is C81H64Br2F21N9O22P2. The van der Waals surface area contributed by atoms with Crippen molar-refractivity contribution >= 4 is 88.2 Å². The predicted octanol–water partition coefficient (Wildman–Crippen LogP) is 25.1. The number of hydrogen-bond acceptors (Lipinski definition) is 22. The second-order valence-electron chi connectivity index (χ2n) is 27.6. The quantitative estimate of drug-likeness (QED) is 0.00618.